The molecule has 1 heterocycles. The topological polar surface area (TPSA) is 61.0 Å². The number of hydrogen-bond acceptors (Lipinski definition) is 4. The molecular formula is C10H6BrF2N3O. The first-order valence-electron chi connectivity index (χ1n) is 4.46. The number of halogens is 3. The van der Waals surface area contributed by atoms with Crippen LogP contribution in [0.3, 0.4) is 0 Å². The van der Waals surface area contributed by atoms with Gasteiger partial charge in [0.05, 0.1) is 18.1 Å². The van der Waals surface area contributed by atoms with Crippen molar-refractivity contribution in [1.82, 2.24) is 9.97 Å². The van der Waals surface area contributed by atoms with Crippen molar-refractivity contribution in [3.63, 3.8) is 0 Å². The Morgan fingerprint density at radius 2 is 1.82 bits per heavy atom. The lowest BCUT2D eigenvalue weighted by atomic mass is 10.3. The molecule has 0 saturated heterocycles. The smallest absolute Gasteiger partial charge is 0.322 e. The van der Waals surface area contributed by atoms with Gasteiger partial charge in [-0.15, -0.1) is 0 Å². The Bertz CT molecular complexity index is 548. The highest BCUT2D eigenvalue weighted by atomic mass is 79.9. The summed E-state index contributed by atoms with van der Waals surface area (Å²) in [5.74, 6) is -2.43. The molecule has 0 radical (unpaired) electrons. The summed E-state index contributed by atoms with van der Waals surface area (Å²) in [6.45, 7) is 0. The molecule has 88 valence electrons. The first kappa shape index (κ1) is 11.7. The number of nitrogens with zero attached hydrogens (tertiary/aromatic N) is 2. The Kier molecular flexibility index (Phi) is 3.19. The summed E-state index contributed by atoms with van der Waals surface area (Å²) >= 11 is 3.02. The second kappa shape index (κ2) is 4.62. The number of benzene rings is 1. The standard InChI is InChI=1S/C10H6BrF2N3O/c11-5-1-7(12)9(13)8(2-5)17-10-15-3-6(14)4-16-10/h1-4H,14H2. The van der Waals surface area contributed by atoms with E-state index in [-0.39, 0.29) is 11.8 Å². The maximum Gasteiger partial charge on any atom is 0.322 e. The van der Waals surface area contributed by atoms with Gasteiger partial charge in [0, 0.05) is 4.47 Å². The number of nitrogen functional groups attached to an aromatic ring is 1. The van der Waals surface area contributed by atoms with Gasteiger partial charge in [0.25, 0.3) is 0 Å². The Labute approximate surface area is 104 Å². The van der Waals surface area contributed by atoms with E-state index in [0.29, 0.717) is 10.2 Å². The molecule has 0 amide bonds. The third kappa shape index (κ3) is 2.68. The van der Waals surface area contributed by atoms with Crippen molar-refractivity contribution < 1.29 is 13.5 Å². The van der Waals surface area contributed by atoms with Crippen LogP contribution in [0.4, 0.5) is 14.5 Å². The quantitative estimate of drug-likeness (QED) is 0.867. The lowest BCUT2D eigenvalue weighted by molar-refractivity contribution is 0.392. The van der Waals surface area contributed by atoms with E-state index in [0.717, 1.165) is 6.07 Å². The molecule has 2 rings (SSSR count). The van der Waals surface area contributed by atoms with Crippen LogP contribution in [0, 0.1) is 11.6 Å². The van der Waals surface area contributed by atoms with Gasteiger partial charge < -0.3 is 10.5 Å². The molecule has 0 fully saturated rings. The molecule has 7 heteroatoms. The molecule has 1 aromatic carbocycles. The molecule has 0 aliphatic heterocycles. The molecule has 2 N–H and O–H groups in total. The van der Waals surface area contributed by atoms with Crippen molar-refractivity contribution in [2.45, 2.75) is 0 Å². The number of anilines is 1. The van der Waals surface area contributed by atoms with Crippen LogP contribution in [0.1, 0.15) is 0 Å². The molecule has 0 aliphatic rings. The van der Waals surface area contributed by atoms with Crippen LogP contribution < -0.4 is 10.5 Å². The Hall–Kier alpha value is -1.76. The van der Waals surface area contributed by atoms with Gasteiger partial charge in [-0.1, -0.05) is 15.9 Å². The van der Waals surface area contributed by atoms with E-state index in [2.05, 4.69) is 25.9 Å². The minimum absolute atomic E-state index is 0.115. The van der Waals surface area contributed by atoms with Crippen molar-refractivity contribution in [1.29, 1.82) is 0 Å². The number of nitrogens with two attached hydrogens (primary N) is 1. The molecule has 0 saturated carbocycles. The zero-order chi connectivity index (χ0) is 12.4. The van der Waals surface area contributed by atoms with E-state index in [1.165, 1.54) is 18.5 Å². The lowest BCUT2D eigenvalue weighted by Gasteiger charge is -2.06. The lowest BCUT2D eigenvalue weighted by Crippen LogP contribution is -1.97. The maximum absolute atomic E-state index is 13.3. The van der Waals surface area contributed by atoms with Gasteiger partial charge in [-0.05, 0) is 12.1 Å². The fourth-order valence-electron chi connectivity index (χ4n) is 1.08. The first-order chi connectivity index (χ1) is 8.06. The number of aromatic nitrogens is 2. The highest BCUT2D eigenvalue weighted by Crippen LogP contribution is 2.28. The van der Waals surface area contributed by atoms with Gasteiger partial charge in [-0.2, -0.15) is 4.39 Å². The fraction of sp³-hybridized carbons (Fsp3) is 0. The van der Waals surface area contributed by atoms with Crippen LogP contribution in [0.15, 0.2) is 29.0 Å². The third-order valence-electron chi connectivity index (χ3n) is 1.81. The largest absolute Gasteiger partial charge is 0.421 e. The van der Waals surface area contributed by atoms with Crippen molar-refractivity contribution in [3.05, 3.63) is 40.6 Å². The monoisotopic (exact) mass is 301 g/mol. The molecule has 17 heavy (non-hydrogen) atoms. The molecule has 0 spiro atoms. The third-order valence-corrected chi connectivity index (χ3v) is 2.27. The van der Waals surface area contributed by atoms with E-state index in [1.807, 2.05) is 0 Å². The van der Waals surface area contributed by atoms with E-state index >= 15 is 0 Å². The molecule has 4 nitrogen and oxygen atoms in total. The minimum Gasteiger partial charge on any atom is -0.421 e. The predicted octanol–water partition coefficient (Wildman–Crippen LogP) is 2.89. The molecule has 0 atom stereocenters. The van der Waals surface area contributed by atoms with Gasteiger partial charge >= 0.3 is 6.01 Å². The Morgan fingerprint density at radius 3 is 2.47 bits per heavy atom. The maximum atomic E-state index is 13.3. The molecule has 2 aromatic rings. The number of ether oxygens (including phenoxy) is 1. The Balaban J connectivity index is 2.32. The van der Waals surface area contributed by atoms with Crippen LogP contribution in [-0.2, 0) is 0 Å². The average Bonchev–Trinajstić information content (AvgIpc) is 2.28. The zero-order valence-corrected chi connectivity index (χ0v) is 9.91. The number of hydrogen-bond donors (Lipinski definition) is 1. The number of rotatable bonds is 2. The van der Waals surface area contributed by atoms with E-state index < -0.39 is 11.6 Å². The highest BCUT2D eigenvalue weighted by Gasteiger charge is 2.13. The second-order valence-corrected chi connectivity index (χ2v) is 4.02. The Morgan fingerprint density at radius 1 is 1.18 bits per heavy atom. The molecule has 1 aromatic heterocycles. The van der Waals surface area contributed by atoms with Gasteiger partial charge in [0.2, 0.25) is 5.82 Å². The van der Waals surface area contributed by atoms with Gasteiger partial charge in [-0.3, -0.25) is 0 Å². The summed E-state index contributed by atoms with van der Waals surface area (Å²) in [6.07, 6.45) is 2.60. The van der Waals surface area contributed by atoms with Crippen molar-refractivity contribution in [2.24, 2.45) is 0 Å². The van der Waals surface area contributed by atoms with Crippen LogP contribution >= 0.6 is 15.9 Å². The van der Waals surface area contributed by atoms with Crippen LogP contribution in [0.25, 0.3) is 0 Å². The van der Waals surface area contributed by atoms with Crippen LogP contribution in [0.2, 0.25) is 0 Å². The van der Waals surface area contributed by atoms with Gasteiger partial charge in [0.1, 0.15) is 0 Å². The SMILES string of the molecule is Nc1cnc(Oc2cc(Br)cc(F)c2F)nc1. The average molecular weight is 302 g/mol. The van der Waals surface area contributed by atoms with Gasteiger partial charge in [0.15, 0.2) is 11.6 Å². The molecule has 0 bridgehead atoms. The minimum atomic E-state index is -1.10. The summed E-state index contributed by atoms with van der Waals surface area (Å²) in [5, 5.41) is 0. The van der Waals surface area contributed by atoms with Gasteiger partial charge in [-0.25, -0.2) is 14.4 Å². The summed E-state index contributed by atoms with van der Waals surface area (Å²) in [5.41, 5.74) is 5.72. The molecule has 0 aliphatic carbocycles. The van der Waals surface area contributed by atoms with E-state index in [4.69, 9.17) is 10.5 Å². The highest BCUT2D eigenvalue weighted by molar-refractivity contribution is 9.10. The summed E-state index contributed by atoms with van der Waals surface area (Å²) in [4.78, 5) is 7.42. The van der Waals surface area contributed by atoms with Crippen molar-refractivity contribution in [2.75, 3.05) is 5.73 Å². The van der Waals surface area contributed by atoms with E-state index in [1.54, 1.807) is 0 Å². The van der Waals surface area contributed by atoms with Crippen LogP contribution in [-0.4, -0.2) is 9.97 Å². The normalized spacial score (nSPS) is 10.3. The molecule has 0 unspecified atom stereocenters. The summed E-state index contributed by atoms with van der Waals surface area (Å²) in [6, 6.07) is 2.15. The summed E-state index contributed by atoms with van der Waals surface area (Å²) in [7, 11) is 0. The van der Waals surface area contributed by atoms with E-state index in [9.17, 15) is 8.78 Å². The predicted molar refractivity (Wildman–Crippen MR) is 60.6 cm³/mol. The van der Waals surface area contributed by atoms with Crippen molar-refractivity contribution >= 4 is 21.6 Å². The molecular weight excluding hydrogens is 296 g/mol. The summed E-state index contributed by atoms with van der Waals surface area (Å²) < 4.78 is 31.8. The first-order valence-corrected chi connectivity index (χ1v) is 5.25. The van der Waals surface area contributed by atoms with Crippen molar-refractivity contribution in [3.8, 4) is 11.8 Å². The zero-order valence-electron chi connectivity index (χ0n) is 8.32. The fourth-order valence-corrected chi connectivity index (χ4v) is 1.49. The second-order valence-electron chi connectivity index (χ2n) is 3.10. The van der Waals surface area contributed by atoms with Crippen LogP contribution in [0.5, 0.6) is 11.8 Å².